The number of hydrogen-bond acceptors (Lipinski definition) is 5. The lowest BCUT2D eigenvalue weighted by Crippen LogP contribution is -1.97. The van der Waals surface area contributed by atoms with Crippen LogP contribution < -0.4 is 5.32 Å². The van der Waals surface area contributed by atoms with Gasteiger partial charge in [0, 0.05) is 56.4 Å². The third kappa shape index (κ3) is 2.91. The van der Waals surface area contributed by atoms with E-state index in [1.165, 1.54) is 0 Å². The summed E-state index contributed by atoms with van der Waals surface area (Å²) in [4.78, 5) is 14.4. The average Bonchev–Trinajstić information content (AvgIpc) is 3.48. The van der Waals surface area contributed by atoms with Crippen molar-refractivity contribution in [2.45, 2.75) is 6.92 Å². The topological polar surface area (TPSA) is 77.4 Å². The fourth-order valence-corrected chi connectivity index (χ4v) is 5.10. The number of hydrogen-bond donors (Lipinski definition) is 2. The molecule has 0 amide bonds. The molecule has 5 nitrogen and oxygen atoms in total. The molecule has 6 rings (SSSR count). The molecule has 0 aliphatic carbocycles. The second kappa shape index (κ2) is 7.19. The highest BCUT2D eigenvalue weighted by molar-refractivity contribution is 7.22. The molecule has 0 aliphatic heterocycles. The van der Waals surface area contributed by atoms with Gasteiger partial charge in [0.2, 0.25) is 0 Å². The molecular weight excluding hydrogens is 414 g/mol. The van der Waals surface area contributed by atoms with Crippen LogP contribution in [0.25, 0.3) is 42.5 Å². The Balaban J connectivity index is 1.50. The number of benzene rings is 2. The average molecular weight is 432 g/mol. The van der Waals surface area contributed by atoms with Crippen LogP contribution in [0.4, 0.5) is 11.4 Å². The van der Waals surface area contributed by atoms with E-state index in [2.05, 4.69) is 63.6 Å². The van der Waals surface area contributed by atoms with Gasteiger partial charge in [-0.2, -0.15) is 5.26 Å². The number of nitrogens with zero attached hydrogens (tertiary/aromatic N) is 3. The molecule has 0 aliphatic rings. The molecular formula is C26H17N5S. The van der Waals surface area contributed by atoms with E-state index < -0.39 is 0 Å². The zero-order valence-corrected chi connectivity index (χ0v) is 18.0. The largest absolute Gasteiger partial charge is 0.361 e. The number of thiophene rings is 1. The van der Waals surface area contributed by atoms with E-state index in [9.17, 15) is 5.26 Å². The molecule has 2 N–H and O–H groups in total. The zero-order valence-electron chi connectivity index (χ0n) is 17.2. The molecule has 152 valence electrons. The number of aryl methyl sites for hydroxylation is 1. The number of rotatable bonds is 3. The van der Waals surface area contributed by atoms with E-state index in [1.54, 1.807) is 17.5 Å². The standard InChI is InChI=1S/C26H17N5S/c1-15-19-8-9-28-23(19)7-6-21(15)31-25-18(12-27)14-30-26-20(25)11-24(32-26)17-10-16-4-2-3-5-22(16)29-13-17/h2-11,13-14,28H,1H3,(H,30,31). The van der Waals surface area contributed by atoms with Gasteiger partial charge in [0.05, 0.1) is 16.8 Å². The number of aromatic amines is 1. The van der Waals surface area contributed by atoms with Crippen molar-refractivity contribution < 1.29 is 0 Å². The van der Waals surface area contributed by atoms with Gasteiger partial charge >= 0.3 is 0 Å². The van der Waals surface area contributed by atoms with Crippen LogP contribution in [0.3, 0.4) is 0 Å². The Hall–Kier alpha value is -4.21. The summed E-state index contributed by atoms with van der Waals surface area (Å²) >= 11 is 1.61. The summed E-state index contributed by atoms with van der Waals surface area (Å²) in [5.41, 5.74) is 6.52. The number of aromatic nitrogens is 3. The van der Waals surface area contributed by atoms with E-state index in [-0.39, 0.29) is 0 Å². The Bertz CT molecular complexity index is 1690. The zero-order chi connectivity index (χ0) is 21.7. The smallest absolute Gasteiger partial charge is 0.126 e. The Labute approximate surface area is 188 Å². The Morgan fingerprint density at radius 2 is 1.91 bits per heavy atom. The van der Waals surface area contributed by atoms with Crippen molar-refractivity contribution in [3.05, 3.63) is 84.3 Å². The minimum absolute atomic E-state index is 0.520. The van der Waals surface area contributed by atoms with Crippen LogP contribution >= 0.6 is 11.3 Å². The second-order valence-corrected chi connectivity index (χ2v) is 8.74. The molecule has 0 saturated carbocycles. The highest BCUT2D eigenvalue weighted by atomic mass is 32.1. The van der Waals surface area contributed by atoms with Gasteiger partial charge in [0.25, 0.3) is 0 Å². The van der Waals surface area contributed by atoms with Gasteiger partial charge in [-0.05, 0) is 48.9 Å². The highest BCUT2D eigenvalue weighted by Gasteiger charge is 2.15. The summed E-state index contributed by atoms with van der Waals surface area (Å²) in [5.74, 6) is 0. The lowest BCUT2D eigenvalue weighted by atomic mass is 10.1. The first kappa shape index (κ1) is 18.6. The van der Waals surface area contributed by atoms with Gasteiger partial charge < -0.3 is 10.3 Å². The maximum Gasteiger partial charge on any atom is 0.126 e. The minimum atomic E-state index is 0.520. The molecule has 0 atom stereocenters. The first-order valence-electron chi connectivity index (χ1n) is 10.2. The van der Waals surface area contributed by atoms with Gasteiger partial charge in [-0.25, -0.2) is 4.98 Å². The van der Waals surface area contributed by atoms with Crippen molar-refractivity contribution in [1.82, 2.24) is 15.0 Å². The van der Waals surface area contributed by atoms with E-state index in [0.717, 1.165) is 59.4 Å². The lowest BCUT2D eigenvalue weighted by Gasteiger charge is -2.12. The maximum absolute atomic E-state index is 9.76. The van der Waals surface area contributed by atoms with Crippen LogP contribution in [0.1, 0.15) is 11.1 Å². The Kier molecular flexibility index (Phi) is 4.17. The number of para-hydroxylation sites is 1. The van der Waals surface area contributed by atoms with Crippen molar-refractivity contribution in [2.24, 2.45) is 0 Å². The van der Waals surface area contributed by atoms with Crippen LogP contribution in [0.15, 0.2) is 73.2 Å². The van der Waals surface area contributed by atoms with Crippen molar-refractivity contribution in [2.75, 3.05) is 5.32 Å². The summed E-state index contributed by atoms with van der Waals surface area (Å²) in [7, 11) is 0. The van der Waals surface area contributed by atoms with Crippen LogP contribution in [-0.4, -0.2) is 15.0 Å². The number of anilines is 2. The van der Waals surface area contributed by atoms with E-state index >= 15 is 0 Å². The molecule has 6 aromatic rings. The first-order valence-corrected chi connectivity index (χ1v) is 11.0. The molecule has 6 heteroatoms. The van der Waals surface area contributed by atoms with Crippen LogP contribution in [0.2, 0.25) is 0 Å². The fourth-order valence-electron chi connectivity index (χ4n) is 4.11. The molecule has 0 fully saturated rings. The van der Waals surface area contributed by atoms with Gasteiger partial charge in [-0.3, -0.25) is 4.98 Å². The van der Waals surface area contributed by atoms with E-state index in [1.807, 2.05) is 36.7 Å². The summed E-state index contributed by atoms with van der Waals surface area (Å²) in [6.45, 7) is 2.09. The molecule has 0 spiro atoms. The number of H-pyrrole nitrogens is 1. The van der Waals surface area contributed by atoms with Gasteiger partial charge in [0.15, 0.2) is 0 Å². The first-order chi connectivity index (χ1) is 15.7. The summed E-state index contributed by atoms with van der Waals surface area (Å²) in [6.07, 6.45) is 5.48. The van der Waals surface area contributed by atoms with Crippen LogP contribution in [0, 0.1) is 18.3 Å². The third-order valence-corrected chi connectivity index (χ3v) is 6.91. The molecule has 0 radical (unpaired) electrons. The molecule has 32 heavy (non-hydrogen) atoms. The third-order valence-electron chi connectivity index (χ3n) is 5.82. The number of nitrogens with one attached hydrogen (secondary N) is 2. The summed E-state index contributed by atoms with van der Waals surface area (Å²) in [6, 6.07) is 20.8. The predicted octanol–water partition coefficient (Wildman–Crippen LogP) is 6.92. The minimum Gasteiger partial charge on any atom is -0.361 e. The number of nitriles is 1. The Morgan fingerprint density at radius 3 is 2.81 bits per heavy atom. The molecule has 0 saturated heterocycles. The maximum atomic E-state index is 9.76. The monoisotopic (exact) mass is 431 g/mol. The highest BCUT2D eigenvalue weighted by Crippen LogP contribution is 2.39. The van der Waals surface area contributed by atoms with Crippen molar-refractivity contribution >= 4 is 54.7 Å². The number of pyridine rings is 2. The summed E-state index contributed by atoms with van der Waals surface area (Å²) < 4.78 is 0. The quantitative estimate of drug-likeness (QED) is 0.319. The summed E-state index contributed by atoms with van der Waals surface area (Å²) in [5, 5.41) is 16.5. The lowest BCUT2D eigenvalue weighted by molar-refractivity contribution is 1.38. The van der Waals surface area contributed by atoms with E-state index in [0.29, 0.717) is 5.56 Å². The molecule has 4 aromatic heterocycles. The van der Waals surface area contributed by atoms with Crippen molar-refractivity contribution in [3.63, 3.8) is 0 Å². The van der Waals surface area contributed by atoms with Gasteiger partial charge in [-0.1, -0.05) is 18.2 Å². The Morgan fingerprint density at radius 1 is 1.00 bits per heavy atom. The molecule has 0 unspecified atom stereocenters. The predicted molar refractivity (Wildman–Crippen MR) is 131 cm³/mol. The number of fused-ring (bicyclic) bond motifs is 3. The molecule has 2 aromatic carbocycles. The molecule has 4 heterocycles. The van der Waals surface area contributed by atoms with Crippen molar-refractivity contribution in [1.29, 1.82) is 5.26 Å². The van der Waals surface area contributed by atoms with Gasteiger partial charge in [-0.15, -0.1) is 11.3 Å². The SMILES string of the molecule is Cc1c(Nc2c(C#N)cnc3sc(-c4cnc5ccccc5c4)cc23)ccc2[nH]ccc12. The fraction of sp³-hybridized carbons (Fsp3) is 0.0385. The second-order valence-electron chi connectivity index (χ2n) is 7.71. The normalized spacial score (nSPS) is 11.2. The van der Waals surface area contributed by atoms with E-state index in [4.69, 9.17) is 0 Å². The molecule has 0 bridgehead atoms. The van der Waals surface area contributed by atoms with Crippen LogP contribution in [-0.2, 0) is 0 Å². The van der Waals surface area contributed by atoms with Crippen molar-refractivity contribution in [3.8, 4) is 16.5 Å². The van der Waals surface area contributed by atoms with Gasteiger partial charge in [0.1, 0.15) is 10.9 Å². The van der Waals surface area contributed by atoms with Crippen LogP contribution in [0.5, 0.6) is 0 Å².